The van der Waals surface area contributed by atoms with Crippen LogP contribution in [0.3, 0.4) is 0 Å². The molecule has 25 heavy (non-hydrogen) atoms. The van der Waals surface area contributed by atoms with E-state index in [2.05, 4.69) is 20.8 Å². The first kappa shape index (κ1) is 18.0. The lowest BCUT2D eigenvalue weighted by Crippen LogP contribution is -2.56. The summed E-state index contributed by atoms with van der Waals surface area (Å²) in [6, 6.07) is 0. The summed E-state index contributed by atoms with van der Waals surface area (Å²) in [6.07, 6.45) is 11.8. The average molecular weight is 347 g/mol. The van der Waals surface area contributed by atoms with Gasteiger partial charge in [-0.15, -0.1) is 0 Å². The molecule has 0 aromatic rings. The molecular formula is C23H38O2. The molecule has 4 rings (SSSR count). The fourth-order valence-corrected chi connectivity index (χ4v) is 8.78. The van der Waals surface area contributed by atoms with Crippen molar-refractivity contribution in [3.8, 4) is 0 Å². The summed E-state index contributed by atoms with van der Waals surface area (Å²) in [5.74, 6) is 3.59. The Hall–Kier alpha value is -0.370. The molecule has 0 aromatic carbocycles. The van der Waals surface area contributed by atoms with Crippen LogP contribution in [0.15, 0.2) is 0 Å². The third-order valence-electron chi connectivity index (χ3n) is 10.3. The second kappa shape index (κ2) is 5.81. The summed E-state index contributed by atoms with van der Waals surface area (Å²) in [5.41, 5.74) is 0.618. The van der Waals surface area contributed by atoms with Crippen molar-refractivity contribution < 1.29 is 9.90 Å². The SMILES string of the molecule is CC[C@@]1(C(C)=O)CC[C@H]2[C@@H]3CC[C@H]4C[C@@H](O)CC[C@]4(C)[C@H]3CC[C@@]21C. The van der Waals surface area contributed by atoms with Gasteiger partial charge in [0.1, 0.15) is 5.78 Å². The van der Waals surface area contributed by atoms with E-state index in [-0.39, 0.29) is 16.9 Å². The maximum atomic E-state index is 12.7. The van der Waals surface area contributed by atoms with E-state index >= 15 is 0 Å². The van der Waals surface area contributed by atoms with Crippen LogP contribution in [0, 0.1) is 39.9 Å². The molecule has 0 heterocycles. The van der Waals surface area contributed by atoms with Crippen LogP contribution in [0.2, 0.25) is 0 Å². The monoisotopic (exact) mass is 346 g/mol. The normalized spacial score (nSPS) is 55.2. The number of aliphatic hydroxyl groups excluding tert-OH is 1. The lowest BCUT2D eigenvalue weighted by Gasteiger charge is -2.62. The van der Waals surface area contributed by atoms with Crippen molar-refractivity contribution in [3.63, 3.8) is 0 Å². The predicted molar refractivity (Wildman–Crippen MR) is 101 cm³/mol. The number of fused-ring (bicyclic) bond motifs is 5. The summed E-state index contributed by atoms with van der Waals surface area (Å²) >= 11 is 0. The van der Waals surface area contributed by atoms with Gasteiger partial charge in [-0.2, -0.15) is 0 Å². The maximum Gasteiger partial charge on any atom is 0.136 e. The first-order valence-corrected chi connectivity index (χ1v) is 11.0. The number of rotatable bonds is 2. The molecule has 0 aliphatic heterocycles. The van der Waals surface area contributed by atoms with Crippen LogP contribution in [-0.4, -0.2) is 17.0 Å². The molecule has 0 aromatic heterocycles. The summed E-state index contributed by atoms with van der Waals surface area (Å²) in [5, 5.41) is 10.2. The van der Waals surface area contributed by atoms with E-state index in [1.165, 1.54) is 38.5 Å². The van der Waals surface area contributed by atoms with Crippen LogP contribution < -0.4 is 0 Å². The zero-order valence-corrected chi connectivity index (χ0v) is 16.8. The Labute approximate surface area is 154 Å². The standard InChI is InChI=1S/C23H38O2/c1-5-23(15(2)24)13-10-20-18-7-6-16-14-17(25)8-11-21(16,3)19(18)9-12-22(20,23)4/h16-20,25H,5-14H2,1-4H3/t16-,17-,18+,19-,20-,21-,22-,23-/m0/s1. The van der Waals surface area contributed by atoms with Crippen LogP contribution in [0.4, 0.5) is 0 Å². The Kier molecular flexibility index (Phi) is 4.19. The van der Waals surface area contributed by atoms with Gasteiger partial charge >= 0.3 is 0 Å². The van der Waals surface area contributed by atoms with Crippen molar-refractivity contribution in [2.75, 3.05) is 0 Å². The van der Waals surface area contributed by atoms with Gasteiger partial charge in [0.15, 0.2) is 0 Å². The molecule has 142 valence electrons. The minimum atomic E-state index is -0.0552. The van der Waals surface area contributed by atoms with Crippen LogP contribution >= 0.6 is 0 Å². The van der Waals surface area contributed by atoms with E-state index in [1.54, 1.807) is 0 Å². The van der Waals surface area contributed by atoms with Crippen molar-refractivity contribution in [1.82, 2.24) is 0 Å². The van der Waals surface area contributed by atoms with Crippen molar-refractivity contribution in [1.29, 1.82) is 0 Å². The molecule has 4 aliphatic rings. The zero-order chi connectivity index (χ0) is 18.0. The molecule has 2 nitrogen and oxygen atoms in total. The number of aliphatic hydroxyl groups is 1. The van der Waals surface area contributed by atoms with Crippen LogP contribution in [0.1, 0.15) is 91.9 Å². The Morgan fingerprint density at radius 1 is 1.00 bits per heavy atom. The topological polar surface area (TPSA) is 37.3 Å². The van der Waals surface area contributed by atoms with Crippen LogP contribution in [0.5, 0.6) is 0 Å². The molecule has 4 fully saturated rings. The minimum absolute atomic E-state index is 0.0524. The highest BCUT2D eigenvalue weighted by molar-refractivity contribution is 5.83. The van der Waals surface area contributed by atoms with E-state index in [0.717, 1.165) is 49.4 Å². The highest BCUT2D eigenvalue weighted by Crippen LogP contribution is 2.71. The zero-order valence-electron chi connectivity index (χ0n) is 16.8. The summed E-state index contributed by atoms with van der Waals surface area (Å²) in [6.45, 7) is 9.15. The highest BCUT2D eigenvalue weighted by Gasteiger charge is 2.65. The van der Waals surface area contributed by atoms with E-state index in [1.807, 2.05) is 6.92 Å². The number of Topliss-reactive ketones (excluding diaryl/α,β-unsaturated/α-hetero) is 1. The second-order valence-electron chi connectivity index (χ2n) is 10.6. The molecule has 0 amide bonds. The van der Waals surface area contributed by atoms with Gasteiger partial charge in [0.25, 0.3) is 0 Å². The molecule has 0 radical (unpaired) electrons. The molecule has 8 atom stereocenters. The first-order chi connectivity index (χ1) is 11.8. The van der Waals surface area contributed by atoms with Gasteiger partial charge in [0.2, 0.25) is 0 Å². The molecule has 4 saturated carbocycles. The summed E-state index contributed by atoms with van der Waals surface area (Å²) in [7, 11) is 0. The molecular weight excluding hydrogens is 308 g/mol. The Bertz CT molecular complexity index is 556. The number of hydrogen-bond acceptors (Lipinski definition) is 2. The van der Waals surface area contributed by atoms with Gasteiger partial charge in [-0.3, -0.25) is 4.79 Å². The summed E-state index contributed by atoms with van der Waals surface area (Å²) < 4.78 is 0. The van der Waals surface area contributed by atoms with Gasteiger partial charge in [-0.1, -0.05) is 20.8 Å². The van der Waals surface area contributed by atoms with Crippen molar-refractivity contribution in [2.45, 2.75) is 98.0 Å². The van der Waals surface area contributed by atoms with E-state index < -0.39 is 0 Å². The predicted octanol–water partition coefficient (Wildman–Crippen LogP) is 5.38. The van der Waals surface area contributed by atoms with Crippen LogP contribution in [0.25, 0.3) is 0 Å². The fourth-order valence-electron chi connectivity index (χ4n) is 8.78. The van der Waals surface area contributed by atoms with Crippen LogP contribution in [-0.2, 0) is 4.79 Å². The third-order valence-corrected chi connectivity index (χ3v) is 10.3. The minimum Gasteiger partial charge on any atom is -0.393 e. The first-order valence-electron chi connectivity index (χ1n) is 11.0. The molecule has 0 unspecified atom stereocenters. The molecule has 2 heteroatoms. The molecule has 0 bridgehead atoms. The number of carbonyl (C=O) groups excluding carboxylic acids is 1. The highest BCUT2D eigenvalue weighted by atomic mass is 16.3. The second-order valence-corrected chi connectivity index (χ2v) is 10.6. The van der Waals surface area contributed by atoms with Gasteiger partial charge in [-0.05, 0) is 106 Å². The molecule has 0 saturated heterocycles. The number of ketones is 1. The lowest BCUT2D eigenvalue weighted by atomic mass is 9.43. The Morgan fingerprint density at radius 2 is 1.72 bits per heavy atom. The maximum absolute atomic E-state index is 12.7. The smallest absolute Gasteiger partial charge is 0.136 e. The quantitative estimate of drug-likeness (QED) is 0.729. The molecule has 0 spiro atoms. The van der Waals surface area contributed by atoms with Gasteiger partial charge in [0.05, 0.1) is 6.10 Å². The van der Waals surface area contributed by atoms with E-state index in [0.29, 0.717) is 11.2 Å². The Balaban J connectivity index is 1.65. The number of carbonyl (C=O) groups is 1. The number of hydrogen-bond donors (Lipinski definition) is 1. The lowest BCUT2D eigenvalue weighted by molar-refractivity contribution is -0.153. The van der Waals surface area contributed by atoms with Crippen molar-refractivity contribution in [2.24, 2.45) is 39.9 Å². The van der Waals surface area contributed by atoms with E-state index in [4.69, 9.17) is 0 Å². The molecule has 1 N–H and O–H groups in total. The summed E-state index contributed by atoms with van der Waals surface area (Å²) in [4.78, 5) is 12.7. The fraction of sp³-hybridized carbons (Fsp3) is 0.957. The van der Waals surface area contributed by atoms with E-state index in [9.17, 15) is 9.90 Å². The van der Waals surface area contributed by atoms with Crippen molar-refractivity contribution >= 4 is 5.78 Å². The largest absolute Gasteiger partial charge is 0.393 e. The van der Waals surface area contributed by atoms with Gasteiger partial charge < -0.3 is 5.11 Å². The van der Waals surface area contributed by atoms with Gasteiger partial charge in [-0.25, -0.2) is 0 Å². The third kappa shape index (κ3) is 2.22. The molecule has 4 aliphatic carbocycles. The van der Waals surface area contributed by atoms with Gasteiger partial charge in [0, 0.05) is 5.41 Å². The Morgan fingerprint density at radius 3 is 2.40 bits per heavy atom. The average Bonchev–Trinajstić information content (AvgIpc) is 2.89. The van der Waals surface area contributed by atoms with Crippen molar-refractivity contribution in [3.05, 3.63) is 0 Å².